The van der Waals surface area contributed by atoms with E-state index in [-0.39, 0.29) is 11.9 Å². The summed E-state index contributed by atoms with van der Waals surface area (Å²) in [4.78, 5) is 14.9. The summed E-state index contributed by atoms with van der Waals surface area (Å²) in [6.45, 7) is 3.82. The highest BCUT2D eigenvalue weighted by Gasteiger charge is 2.05. The van der Waals surface area contributed by atoms with E-state index in [1.807, 2.05) is 32.0 Å². The van der Waals surface area contributed by atoms with Crippen molar-refractivity contribution in [1.29, 1.82) is 0 Å². The highest BCUT2D eigenvalue weighted by atomic mass is 16.1. The average Bonchev–Trinajstić information content (AvgIpc) is 2.01. The van der Waals surface area contributed by atoms with Crippen LogP contribution in [0.4, 0.5) is 5.82 Å². The molecule has 1 amide bonds. The van der Waals surface area contributed by atoms with Crippen molar-refractivity contribution in [3.63, 3.8) is 0 Å². The number of nitrogens with one attached hydrogen (secondary N) is 1. The first kappa shape index (κ1) is 10.5. The minimum atomic E-state index is -0.308. The topological polar surface area (TPSA) is 68.0 Å². The second kappa shape index (κ2) is 4.60. The van der Waals surface area contributed by atoms with Gasteiger partial charge in [-0.05, 0) is 26.0 Å². The Bertz CT molecular complexity index is 325. The fourth-order valence-electron chi connectivity index (χ4n) is 1.23. The van der Waals surface area contributed by atoms with Gasteiger partial charge in [0.05, 0.1) is 0 Å². The number of aryl methyl sites for hydroxylation is 1. The molecule has 14 heavy (non-hydrogen) atoms. The molecule has 1 aromatic heterocycles. The van der Waals surface area contributed by atoms with Crippen LogP contribution in [0.5, 0.6) is 0 Å². The molecule has 0 saturated heterocycles. The number of primary amides is 1. The van der Waals surface area contributed by atoms with Crippen LogP contribution >= 0.6 is 0 Å². The Balaban J connectivity index is 2.55. The smallest absolute Gasteiger partial charge is 0.219 e. The van der Waals surface area contributed by atoms with Crippen LogP contribution in [0.15, 0.2) is 18.2 Å². The number of amides is 1. The molecule has 0 aliphatic heterocycles. The second-order valence-corrected chi connectivity index (χ2v) is 3.38. The van der Waals surface area contributed by atoms with Crippen molar-refractivity contribution in [2.75, 3.05) is 5.32 Å². The molecule has 0 radical (unpaired) electrons. The molecule has 0 bridgehead atoms. The largest absolute Gasteiger partial charge is 0.370 e. The molecule has 3 N–H and O–H groups in total. The molecule has 4 nitrogen and oxygen atoms in total. The maximum Gasteiger partial charge on any atom is 0.219 e. The maximum absolute atomic E-state index is 10.6. The van der Waals surface area contributed by atoms with Gasteiger partial charge < -0.3 is 11.1 Å². The van der Waals surface area contributed by atoms with E-state index >= 15 is 0 Å². The number of hydrogen-bond donors (Lipinski definition) is 2. The van der Waals surface area contributed by atoms with Crippen molar-refractivity contribution in [3.05, 3.63) is 23.9 Å². The van der Waals surface area contributed by atoms with Crippen LogP contribution in [0.2, 0.25) is 0 Å². The first-order valence-corrected chi connectivity index (χ1v) is 4.56. The fourth-order valence-corrected chi connectivity index (χ4v) is 1.23. The lowest BCUT2D eigenvalue weighted by molar-refractivity contribution is -0.118. The Morgan fingerprint density at radius 2 is 2.36 bits per heavy atom. The summed E-state index contributed by atoms with van der Waals surface area (Å²) >= 11 is 0. The molecule has 1 atom stereocenters. The molecule has 0 saturated carbocycles. The van der Waals surface area contributed by atoms with Gasteiger partial charge in [-0.25, -0.2) is 4.98 Å². The monoisotopic (exact) mass is 193 g/mol. The van der Waals surface area contributed by atoms with Gasteiger partial charge >= 0.3 is 0 Å². The van der Waals surface area contributed by atoms with Gasteiger partial charge in [0.2, 0.25) is 5.91 Å². The Kier molecular flexibility index (Phi) is 3.45. The second-order valence-electron chi connectivity index (χ2n) is 3.38. The predicted octanol–water partition coefficient (Wildman–Crippen LogP) is 1.07. The standard InChI is InChI=1S/C10H15N3O/c1-7-4-3-5-10(12-7)13-8(2)6-9(11)14/h3-5,8H,6H2,1-2H3,(H2,11,14)(H,12,13). The van der Waals surface area contributed by atoms with Gasteiger partial charge in [0.15, 0.2) is 0 Å². The van der Waals surface area contributed by atoms with Crippen molar-refractivity contribution in [1.82, 2.24) is 4.98 Å². The molecule has 76 valence electrons. The molecule has 0 aromatic carbocycles. The number of nitrogens with zero attached hydrogens (tertiary/aromatic N) is 1. The van der Waals surface area contributed by atoms with E-state index < -0.39 is 0 Å². The third-order valence-electron chi connectivity index (χ3n) is 1.79. The van der Waals surface area contributed by atoms with E-state index in [1.54, 1.807) is 0 Å². The summed E-state index contributed by atoms with van der Waals surface area (Å²) in [5.41, 5.74) is 6.02. The summed E-state index contributed by atoms with van der Waals surface area (Å²) in [6.07, 6.45) is 0.315. The lowest BCUT2D eigenvalue weighted by Crippen LogP contribution is -2.24. The number of pyridine rings is 1. The zero-order chi connectivity index (χ0) is 10.6. The molecule has 4 heteroatoms. The minimum Gasteiger partial charge on any atom is -0.370 e. The van der Waals surface area contributed by atoms with Crippen LogP contribution in [0.1, 0.15) is 19.0 Å². The molecule has 1 rings (SSSR count). The molecule has 0 fully saturated rings. The van der Waals surface area contributed by atoms with Gasteiger partial charge in [-0.3, -0.25) is 4.79 Å². The van der Waals surface area contributed by atoms with Crippen molar-refractivity contribution >= 4 is 11.7 Å². The molecule has 0 aliphatic carbocycles. The quantitative estimate of drug-likeness (QED) is 0.751. The van der Waals surface area contributed by atoms with E-state index in [9.17, 15) is 4.79 Å². The summed E-state index contributed by atoms with van der Waals surface area (Å²) in [5.74, 6) is 0.469. The molecule has 1 unspecified atom stereocenters. The number of aromatic nitrogens is 1. The van der Waals surface area contributed by atoms with Crippen LogP contribution < -0.4 is 11.1 Å². The van der Waals surface area contributed by atoms with Crippen LogP contribution in [0, 0.1) is 6.92 Å². The van der Waals surface area contributed by atoms with E-state index in [0.717, 1.165) is 11.5 Å². The molecular weight excluding hydrogens is 178 g/mol. The summed E-state index contributed by atoms with van der Waals surface area (Å²) < 4.78 is 0. The van der Waals surface area contributed by atoms with Gasteiger partial charge in [-0.15, -0.1) is 0 Å². The Morgan fingerprint density at radius 1 is 1.64 bits per heavy atom. The predicted molar refractivity (Wildman–Crippen MR) is 55.9 cm³/mol. The zero-order valence-corrected chi connectivity index (χ0v) is 8.45. The Hall–Kier alpha value is -1.58. The van der Waals surface area contributed by atoms with Crippen LogP contribution in [-0.2, 0) is 4.79 Å². The first-order valence-electron chi connectivity index (χ1n) is 4.56. The lowest BCUT2D eigenvalue weighted by Gasteiger charge is -2.12. The maximum atomic E-state index is 10.6. The lowest BCUT2D eigenvalue weighted by atomic mass is 10.2. The van der Waals surface area contributed by atoms with Gasteiger partial charge in [0.1, 0.15) is 5.82 Å². The fraction of sp³-hybridized carbons (Fsp3) is 0.400. The van der Waals surface area contributed by atoms with Gasteiger partial charge in [0, 0.05) is 18.2 Å². The van der Waals surface area contributed by atoms with E-state index in [4.69, 9.17) is 5.73 Å². The van der Waals surface area contributed by atoms with Gasteiger partial charge in [0.25, 0.3) is 0 Å². The average molecular weight is 193 g/mol. The minimum absolute atomic E-state index is 0.0156. The normalized spacial score (nSPS) is 12.1. The van der Waals surface area contributed by atoms with Crippen molar-refractivity contribution in [2.45, 2.75) is 26.3 Å². The summed E-state index contributed by atoms with van der Waals surface area (Å²) in [5, 5.41) is 3.10. The highest BCUT2D eigenvalue weighted by Crippen LogP contribution is 2.06. The Morgan fingerprint density at radius 3 is 2.93 bits per heavy atom. The number of carbonyl (C=O) groups is 1. The molecular formula is C10H15N3O. The number of rotatable bonds is 4. The molecule has 1 heterocycles. The third kappa shape index (κ3) is 3.43. The highest BCUT2D eigenvalue weighted by molar-refractivity contribution is 5.74. The van der Waals surface area contributed by atoms with Crippen molar-refractivity contribution < 1.29 is 4.79 Å². The van der Waals surface area contributed by atoms with E-state index in [2.05, 4.69) is 10.3 Å². The number of hydrogen-bond acceptors (Lipinski definition) is 3. The summed E-state index contributed by atoms with van der Waals surface area (Å²) in [7, 11) is 0. The number of anilines is 1. The summed E-state index contributed by atoms with van der Waals surface area (Å²) in [6, 6.07) is 5.72. The van der Waals surface area contributed by atoms with Crippen molar-refractivity contribution in [2.24, 2.45) is 5.73 Å². The Labute approximate surface area is 83.5 Å². The van der Waals surface area contributed by atoms with Crippen molar-refractivity contribution in [3.8, 4) is 0 Å². The number of carbonyl (C=O) groups excluding carboxylic acids is 1. The van der Waals surface area contributed by atoms with Gasteiger partial charge in [-0.1, -0.05) is 6.07 Å². The van der Waals surface area contributed by atoms with Crippen LogP contribution in [0.3, 0.4) is 0 Å². The SMILES string of the molecule is Cc1cccc(NC(C)CC(N)=O)n1. The van der Waals surface area contributed by atoms with Gasteiger partial charge in [-0.2, -0.15) is 0 Å². The van der Waals surface area contributed by atoms with Crippen LogP contribution in [0.25, 0.3) is 0 Å². The van der Waals surface area contributed by atoms with E-state index in [0.29, 0.717) is 6.42 Å². The molecule has 0 aliphatic rings. The first-order chi connectivity index (χ1) is 6.58. The zero-order valence-electron chi connectivity index (χ0n) is 8.45. The molecule has 0 spiro atoms. The van der Waals surface area contributed by atoms with E-state index in [1.165, 1.54) is 0 Å². The molecule has 1 aromatic rings. The number of nitrogens with two attached hydrogens (primary N) is 1. The van der Waals surface area contributed by atoms with Crippen LogP contribution in [-0.4, -0.2) is 16.9 Å². The third-order valence-corrected chi connectivity index (χ3v) is 1.79.